The third kappa shape index (κ3) is 2.99. The lowest BCUT2D eigenvalue weighted by atomic mass is 9.80. The van der Waals surface area contributed by atoms with E-state index in [4.69, 9.17) is 10.5 Å². The van der Waals surface area contributed by atoms with E-state index in [1.165, 1.54) is 11.1 Å². The van der Waals surface area contributed by atoms with Crippen LogP contribution in [0.5, 0.6) is 5.75 Å². The van der Waals surface area contributed by atoms with Gasteiger partial charge in [0.05, 0.1) is 7.11 Å². The molecular weight excluding hydrogens is 212 g/mol. The molecule has 0 saturated heterocycles. The second-order valence-electron chi connectivity index (χ2n) is 5.16. The van der Waals surface area contributed by atoms with E-state index in [0.717, 1.165) is 5.75 Å². The Balaban J connectivity index is 3.23. The summed E-state index contributed by atoms with van der Waals surface area (Å²) in [6, 6.07) is 6.42. The standard InChI is InChI=1S/C14H24N2O/c1-10-6-7-12(17-5)11(8-10)13(16-4)14(2,3)9-15/h6-8,13,16H,9,15H2,1-5H3. The molecule has 0 aliphatic heterocycles. The Morgan fingerprint density at radius 2 is 2.06 bits per heavy atom. The molecule has 0 amide bonds. The van der Waals surface area contributed by atoms with Crippen molar-refractivity contribution in [2.24, 2.45) is 11.1 Å². The van der Waals surface area contributed by atoms with Crippen molar-refractivity contribution in [1.29, 1.82) is 0 Å². The number of hydrogen-bond acceptors (Lipinski definition) is 3. The van der Waals surface area contributed by atoms with Gasteiger partial charge in [-0.15, -0.1) is 0 Å². The van der Waals surface area contributed by atoms with E-state index in [2.05, 4.69) is 38.2 Å². The molecule has 0 aliphatic carbocycles. The number of rotatable bonds is 5. The van der Waals surface area contributed by atoms with Gasteiger partial charge in [0.25, 0.3) is 0 Å². The van der Waals surface area contributed by atoms with Crippen LogP contribution < -0.4 is 15.8 Å². The second-order valence-corrected chi connectivity index (χ2v) is 5.16. The lowest BCUT2D eigenvalue weighted by molar-refractivity contribution is 0.258. The summed E-state index contributed by atoms with van der Waals surface area (Å²) in [6.07, 6.45) is 0. The van der Waals surface area contributed by atoms with Gasteiger partial charge in [0.15, 0.2) is 0 Å². The second kappa shape index (κ2) is 5.52. The molecule has 17 heavy (non-hydrogen) atoms. The minimum atomic E-state index is -0.0180. The zero-order valence-corrected chi connectivity index (χ0v) is 11.5. The number of nitrogens with two attached hydrogens (primary N) is 1. The van der Waals surface area contributed by atoms with Gasteiger partial charge in [0.2, 0.25) is 0 Å². The first kappa shape index (κ1) is 14.0. The molecule has 96 valence electrons. The molecule has 0 aromatic heterocycles. The van der Waals surface area contributed by atoms with Crippen LogP contribution in [0.25, 0.3) is 0 Å². The van der Waals surface area contributed by atoms with Crippen molar-refractivity contribution >= 4 is 0 Å². The molecule has 0 aliphatic rings. The van der Waals surface area contributed by atoms with E-state index < -0.39 is 0 Å². The minimum absolute atomic E-state index is 0.0180. The van der Waals surface area contributed by atoms with Gasteiger partial charge < -0.3 is 15.8 Å². The largest absolute Gasteiger partial charge is 0.496 e. The SMILES string of the molecule is CNC(c1cc(C)ccc1OC)C(C)(C)CN. The van der Waals surface area contributed by atoms with Crippen molar-refractivity contribution in [2.75, 3.05) is 20.7 Å². The molecular formula is C14H24N2O. The maximum Gasteiger partial charge on any atom is 0.123 e. The van der Waals surface area contributed by atoms with Crippen molar-refractivity contribution in [2.45, 2.75) is 26.8 Å². The van der Waals surface area contributed by atoms with Gasteiger partial charge in [0, 0.05) is 11.6 Å². The summed E-state index contributed by atoms with van der Waals surface area (Å²) in [6.45, 7) is 7.03. The highest BCUT2D eigenvalue weighted by Crippen LogP contribution is 2.37. The number of benzene rings is 1. The molecule has 1 atom stereocenters. The van der Waals surface area contributed by atoms with Crippen LogP contribution in [0.1, 0.15) is 31.0 Å². The zero-order chi connectivity index (χ0) is 13.1. The number of ether oxygens (including phenoxy) is 1. The molecule has 0 bridgehead atoms. The van der Waals surface area contributed by atoms with E-state index in [-0.39, 0.29) is 11.5 Å². The monoisotopic (exact) mass is 236 g/mol. The fourth-order valence-corrected chi connectivity index (χ4v) is 2.16. The van der Waals surface area contributed by atoms with Crippen LogP contribution in [0.4, 0.5) is 0 Å². The van der Waals surface area contributed by atoms with Crippen molar-refractivity contribution in [3.05, 3.63) is 29.3 Å². The smallest absolute Gasteiger partial charge is 0.123 e. The summed E-state index contributed by atoms with van der Waals surface area (Å²) in [7, 11) is 3.67. The Hall–Kier alpha value is -1.06. The summed E-state index contributed by atoms with van der Waals surface area (Å²) in [5.41, 5.74) is 8.25. The number of methoxy groups -OCH3 is 1. The average molecular weight is 236 g/mol. The number of aryl methyl sites for hydroxylation is 1. The fraction of sp³-hybridized carbons (Fsp3) is 0.571. The molecule has 3 nitrogen and oxygen atoms in total. The number of nitrogens with one attached hydrogen (secondary N) is 1. The third-order valence-corrected chi connectivity index (χ3v) is 3.29. The first-order valence-corrected chi connectivity index (χ1v) is 5.98. The fourth-order valence-electron chi connectivity index (χ4n) is 2.16. The van der Waals surface area contributed by atoms with Crippen molar-refractivity contribution < 1.29 is 4.74 Å². The summed E-state index contributed by atoms with van der Waals surface area (Å²) < 4.78 is 5.44. The lowest BCUT2D eigenvalue weighted by Crippen LogP contribution is -2.38. The van der Waals surface area contributed by atoms with Gasteiger partial charge >= 0.3 is 0 Å². The topological polar surface area (TPSA) is 47.3 Å². The van der Waals surface area contributed by atoms with Gasteiger partial charge in [-0.25, -0.2) is 0 Å². The molecule has 1 aromatic carbocycles. The highest BCUT2D eigenvalue weighted by atomic mass is 16.5. The van der Waals surface area contributed by atoms with Gasteiger partial charge in [0.1, 0.15) is 5.75 Å². The van der Waals surface area contributed by atoms with E-state index in [0.29, 0.717) is 6.54 Å². The Morgan fingerprint density at radius 3 is 2.53 bits per heavy atom. The first-order chi connectivity index (χ1) is 7.96. The van der Waals surface area contributed by atoms with Crippen LogP contribution in [-0.4, -0.2) is 20.7 Å². The predicted molar refractivity (Wildman–Crippen MR) is 72.4 cm³/mol. The molecule has 0 radical (unpaired) electrons. The normalized spacial score (nSPS) is 13.5. The molecule has 3 N–H and O–H groups in total. The highest BCUT2D eigenvalue weighted by molar-refractivity contribution is 5.40. The zero-order valence-electron chi connectivity index (χ0n) is 11.5. The minimum Gasteiger partial charge on any atom is -0.496 e. The Labute approximate surface area is 104 Å². The molecule has 1 rings (SSSR count). The average Bonchev–Trinajstić information content (AvgIpc) is 2.30. The Morgan fingerprint density at radius 1 is 1.41 bits per heavy atom. The highest BCUT2D eigenvalue weighted by Gasteiger charge is 2.30. The lowest BCUT2D eigenvalue weighted by Gasteiger charge is -2.34. The number of hydrogen-bond donors (Lipinski definition) is 2. The Bertz CT molecular complexity index is 374. The van der Waals surface area contributed by atoms with Crippen molar-refractivity contribution in [3.63, 3.8) is 0 Å². The van der Waals surface area contributed by atoms with Gasteiger partial charge in [-0.1, -0.05) is 31.5 Å². The van der Waals surface area contributed by atoms with E-state index in [1.54, 1.807) is 7.11 Å². The molecule has 1 unspecified atom stereocenters. The first-order valence-electron chi connectivity index (χ1n) is 5.98. The van der Waals surface area contributed by atoms with Gasteiger partial charge in [-0.05, 0) is 32.0 Å². The maximum absolute atomic E-state index is 5.87. The van der Waals surface area contributed by atoms with Crippen LogP contribution in [-0.2, 0) is 0 Å². The molecule has 0 heterocycles. The molecule has 0 saturated carbocycles. The van der Waals surface area contributed by atoms with E-state index >= 15 is 0 Å². The van der Waals surface area contributed by atoms with E-state index in [1.807, 2.05) is 13.1 Å². The molecule has 3 heteroatoms. The van der Waals surface area contributed by atoms with Crippen molar-refractivity contribution in [1.82, 2.24) is 5.32 Å². The third-order valence-electron chi connectivity index (χ3n) is 3.29. The van der Waals surface area contributed by atoms with Crippen molar-refractivity contribution in [3.8, 4) is 5.75 Å². The molecule has 1 aromatic rings. The van der Waals surface area contributed by atoms with Crippen LogP contribution >= 0.6 is 0 Å². The van der Waals surface area contributed by atoms with Crippen LogP contribution in [0, 0.1) is 12.3 Å². The molecule has 0 spiro atoms. The van der Waals surface area contributed by atoms with Crippen LogP contribution in [0.2, 0.25) is 0 Å². The molecule has 0 fully saturated rings. The summed E-state index contributed by atoms with van der Waals surface area (Å²) in [5.74, 6) is 0.913. The summed E-state index contributed by atoms with van der Waals surface area (Å²) >= 11 is 0. The summed E-state index contributed by atoms with van der Waals surface area (Å²) in [5, 5.41) is 3.35. The van der Waals surface area contributed by atoms with Crippen LogP contribution in [0.15, 0.2) is 18.2 Å². The predicted octanol–water partition coefficient (Wildman–Crippen LogP) is 2.25. The summed E-state index contributed by atoms with van der Waals surface area (Å²) in [4.78, 5) is 0. The van der Waals surface area contributed by atoms with Crippen LogP contribution in [0.3, 0.4) is 0 Å². The maximum atomic E-state index is 5.87. The van der Waals surface area contributed by atoms with Gasteiger partial charge in [-0.2, -0.15) is 0 Å². The Kier molecular flexibility index (Phi) is 4.54. The van der Waals surface area contributed by atoms with Gasteiger partial charge in [-0.3, -0.25) is 0 Å². The van der Waals surface area contributed by atoms with E-state index in [9.17, 15) is 0 Å². The quantitative estimate of drug-likeness (QED) is 0.824.